The first kappa shape index (κ1) is 17.8. The molecule has 2 N–H and O–H groups in total. The second-order valence-corrected chi connectivity index (χ2v) is 7.58. The maximum absolute atomic E-state index is 11.6. The van der Waals surface area contributed by atoms with Crippen LogP contribution in [0, 0.1) is 0 Å². The van der Waals surface area contributed by atoms with Gasteiger partial charge in [0.25, 0.3) is 0 Å². The Balaban J connectivity index is 2.31. The lowest BCUT2D eigenvalue weighted by Gasteiger charge is -2.16. The number of sulfonamides is 1. The highest BCUT2D eigenvalue weighted by Crippen LogP contribution is 2.37. The zero-order valence-electron chi connectivity index (χ0n) is 12.6. The van der Waals surface area contributed by atoms with E-state index in [1.165, 1.54) is 0 Å². The third-order valence-electron chi connectivity index (χ3n) is 3.09. The molecule has 0 amide bonds. The van der Waals surface area contributed by atoms with Gasteiger partial charge in [0.2, 0.25) is 10.0 Å². The summed E-state index contributed by atoms with van der Waals surface area (Å²) in [5.41, 5.74) is 2.12. The lowest BCUT2D eigenvalue weighted by molar-refractivity contribution is 0.298. The monoisotopic (exact) mass is 399 g/mol. The van der Waals surface area contributed by atoms with E-state index in [1.807, 2.05) is 30.3 Å². The molecule has 124 valence electrons. The first-order chi connectivity index (χ1) is 10.9. The van der Waals surface area contributed by atoms with Crippen LogP contribution in [0.2, 0.25) is 0 Å². The van der Waals surface area contributed by atoms with Crippen LogP contribution >= 0.6 is 15.9 Å². The summed E-state index contributed by atoms with van der Waals surface area (Å²) < 4.78 is 32.0. The van der Waals surface area contributed by atoms with Crippen molar-refractivity contribution in [3.8, 4) is 5.75 Å². The molecule has 0 radical (unpaired) electrons. The van der Waals surface area contributed by atoms with E-state index in [4.69, 9.17) is 9.84 Å². The van der Waals surface area contributed by atoms with Crippen LogP contribution in [0.3, 0.4) is 0 Å². The van der Waals surface area contributed by atoms with Crippen molar-refractivity contribution in [3.05, 3.63) is 58.1 Å². The zero-order valence-corrected chi connectivity index (χ0v) is 15.0. The summed E-state index contributed by atoms with van der Waals surface area (Å²) in [6.45, 7) is 0.298. The Hall–Kier alpha value is -1.57. The van der Waals surface area contributed by atoms with Crippen molar-refractivity contribution in [2.24, 2.45) is 0 Å². The Kier molecular flexibility index (Phi) is 6.04. The summed E-state index contributed by atoms with van der Waals surface area (Å²) in [6, 6.07) is 13.1. The van der Waals surface area contributed by atoms with Crippen LogP contribution in [0.1, 0.15) is 11.1 Å². The van der Waals surface area contributed by atoms with Gasteiger partial charge >= 0.3 is 0 Å². The standard InChI is InChI=1S/C16H18BrNO4S/c1-23(20,21)18-16-14(8-7-13(9-10-19)15(16)17)22-11-12-5-3-2-4-6-12/h2-8,18-19H,9-11H2,1H3. The molecule has 0 heterocycles. The molecule has 0 aromatic heterocycles. The minimum atomic E-state index is -3.46. The van der Waals surface area contributed by atoms with E-state index >= 15 is 0 Å². The number of aliphatic hydroxyl groups is 1. The summed E-state index contributed by atoms with van der Waals surface area (Å²) in [5.74, 6) is 0.424. The third kappa shape index (κ3) is 5.23. The average Bonchev–Trinajstić information content (AvgIpc) is 2.50. The minimum absolute atomic E-state index is 0.0267. The van der Waals surface area contributed by atoms with Crippen LogP contribution in [0.25, 0.3) is 0 Å². The van der Waals surface area contributed by atoms with Gasteiger partial charge in [-0.2, -0.15) is 0 Å². The second kappa shape index (κ2) is 7.81. The predicted molar refractivity (Wildman–Crippen MR) is 94.2 cm³/mol. The van der Waals surface area contributed by atoms with Gasteiger partial charge in [0.1, 0.15) is 18.0 Å². The molecule has 0 atom stereocenters. The van der Waals surface area contributed by atoms with Gasteiger partial charge in [-0.1, -0.05) is 36.4 Å². The molecule has 0 saturated heterocycles. The summed E-state index contributed by atoms with van der Waals surface area (Å²) >= 11 is 3.39. The summed E-state index contributed by atoms with van der Waals surface area (Å²) in [4.78, 5) is 0. The van der Waals surface area contributed by atoms with Gasteiger partial charge in [0, 0.05) is 11.1 Å². The molecule has 2 rings (SSSR count). The number of hydrogen-bond donors (Lipinski definition) is 2. The van der Waals surface area contributed by atoms with E-state index in [1.54, 1.807) is 12.1 Å². The normalized spacial score (nSPS) is 11.3. The quantitative estimate of drug-likeness (QED) is 0.750. The Morgan fingerprint density at radius 1 is 1.17 bits per heavy atom. The second-order valence-electron chi connectivity index (χ2n) is 5.03. The fourth-order valence-corrected chi connectivity index (χ4v) is 3.38. The van der Waals surface area contributed by atoms with Gasteiger partial charge < -0.3 is 9.84 Å². The number of benzene rings is 2. The summed E-state index contributed by atoms with van der Waals surface area (Å²) in [7, 11) is -3.46. The fraction of sp³-hybridized carbons (Fsp3) is 0.250. The van der Waals surface area contributed by atoms with Crippen LogP contribution in [0.15, 0.2) is 46.9 Å². The number of hydrogen-bond acceptors (Lipinski definition) is 4. The molecule has 0 bridgehead atoms. The molecular weight excluding hydrogens is 382 g/mol. The van der Waals surface area contributed by atoms with Crippen LogP contribution in [0.5, 0.6) is 5.75 Å². The van der Waals surface area contributed by atoms with Crippen molar-refractivity contribution in [1.82, 2.24) is 0 Å². The average molecular weight is 400 g/mol. The van der Waals surface area contributed by atoms with Crippen LogP contribution in [-0.2, 0) is 23.1 Å². The Morgan fingerprint density at radius 2 is 1.87 bits per heavy atom. The third-order valence-corrected chi connectivity index (χ3v) is 4.57. The fourth-order valence-electron chi connectivity index (χ4n) is 2.05. The molecule has 23 heavy (non-hydrogen) atoms. The molecule has 0 aliphatic carbocycles. The molecule has 0 fully saturated rings. The topological polar surface area (TPSA) is 75.6 Å². The van der Waals surface area contributed by atoms with Crippen molar-refractivity contribution in [2.75, 3.05) is 17.6 Å². The van der Waals surface area contributed by atoms with E-state index in [-0.39, 0.29) is 6.61 Å². The smallest absolute Gasteiger partial charge is 0.229 e. The molecule has 0 aliphatic rings. The van der Waals surface area contributed by atoms with E-state index in [0.29, 0.717) is 28.9 Å². The van der Waals surface area contributed by atoms with Crippen molar-refractivity contribution in [1.29, 1.82) is 0 Å². The molecular formula is C16H18BrNO4S. The Morgan fingerprint density at radius 3 is 2.48 bits per heavy atom. The number of nitrogens with one attached hydrogen (secondary N) is 1. The number of halogens is 1. The minimum Gasteiger partial charge on any atom is -0.487 e. The summed E-state index contributed by atoms with van der Waals surface area (Å²) in [6.07, 6.45) is 1.50. The lowest BCUT2D eigenvalue weighted by Crippen LogP contribution is -2.12. The first-order valence-corrected chi connectivity index (χ1v) is 9.66. The zero-order chi connectivity index (χ0) is 16.9. The first-order valence-electron chi connectivity index (χ1n) is 6.97. The van der Waals surface area contributed by atoms with E-state index in [0.717, 1.165) is 17.4 Å². The van der Waals surface area contributed by atoms with Crippen molar-refractivity contribution in [3.63, 3.8) is 0 Å². The van der Waals surface area contributed by atoms with Gasteiger partial charge in [-0.05, 0) is 39.5 Å². The van der Waals surface area contributed by atoms with E-state index in [2.05, 4.69) is 20.7 Å². The predicted octanol–water partition coefficient (Wildman–Crippen LogP) is 2.93. The van der Waals surface area contributed by atoms with Crippen LogP contribution in [-0.4, -0.2) is 26.4 Å². The number of ether oxygens (including phenoxy) is 1. The van der Waals surface area contributed by atoms with Crippen LogP contribution < -0.4 is 9.46 Å². The molecule has 7 heteroatoms. The van der Waals surface area contributed by atoms with Crippen molar-refractivity contribution in [2.45, 2.75) is 13.0 Å². The van der Waals surface area contributed by atoms with Gasteiger partial charge in [0.15, 0.2) is 0 Å². The van der Waals surface area contributed by atoms with E-state index in [9.17, 15) is 8.42 Å². The molecule has 5 nitrogen and oxygen atoms in total. The molecule has 2 aromatic rings. The summed E-state index contributed by atoms with van der Waals surface area (Å²) in [5, 5.41) is 9.10. The molecule has 0 aliphatic heterocycles. The maximum Gasteiger partial charge on any atom is 0.229 e. The van der Waals surface area contributed by atoms with Crippen LogP contribution in [0.4, 0.5) is 5.69 Å². The molecule has 0 unspecified atom stereocenters. The Bertz CT molecular complexity index is 763. The van der Waals surface area contributed by atoms with Crippen molar-refractivity contribution >= 4 is 31.6 Å². The molecule has 0 spiro atoms. The van der Waals surface area contributed by atoms with Gasteiger partial charge in [-0.15, -0.1) is 0 Å². The lowest BCUT2D eigenvalue weighted by atomic mass is 10.1. The largest absolute Gasteiger partial charge is 0.487 e. The Labute approximate surface area is 144 Å². The molecule has 2 aromatic carbocycles. The SMILES string of the molecule is CS(=O)(=O)Nc1c(OCc2ccccc2)ccc(CCO)c1Br. The highest BCUT2D eigenvalue weighted by Gasteiger charge is 2.16. The number of rotatable bonds is 7. The maximum atomic E-state index is 11.6. The molecule has 0 saturated carbocycles. The van der Waals surface area contributed by atoms with Gasteiger partial charge in [0.05, 0.1) is 6.26 Å². The highest BCUT2D eigenvalue weighted by atomic mass is 79.9. The van der Waals surface area contributed by atoms with Crippen molar-refractivity contribution < 1.29 is 18.3 Å². The number of aliphatic hydroxyl groups excluding tert-OH is 1. The number of anilines is 1. The van der Waals surface area contributed by atoms with Gasteiger partial charge in [-0.3, -0.25) is 4.72 Å². The van der Waals surface area contributed by atoms with Gasteiger partial charge in [-0.25, -0.2) is 8.42 Å². The van der Waals surface area contributed by atoms with E-state index < -0.39 is 10.0 Å². The highest BCUT2D eigenvalue weighted by molar-refractivity contribution is 9.10.